The van der Waals surface area contributed by atoms with Crippen molar-refractivity contribution >= 4 is 0 Å². The third-order valence-electron chi connectivity index (χ3n) is 3.16. The van der Waals surface area contributed by atoms with Crippen LogP contribution in [0, 0.1) is 5.92 Å². The fourth-order valence-corrected chi connectivity index (χ4v) is 1.89. The maximum absolute atomic E-state index is 2.40. The summed E-state index contributed by atoms with van der Waals surface area (Å²) >= 11 is 0. The minimum Gasteiger partial charge on any atom is -0.0853 e. The van der Waals surface area contributed by atoms with Gasteiger partial charge in [0.1, 0.15) is 0 Å². The molecule has 0 saturated heterocycles. The quantitative estimate of drug-likeness (QED) is 0.525. The molecule has 0 amide bonds. The molecule has 15 heavy (non-hydrogen) atoms. The van der Waals surface area contributed by atoms with E-state index in [1.165, 1.54) is 31.3 Å². The van der Waals surface area contributed by atoms with Crippen molar-refractivity contribution in [3.8, 4) is 0 Å². The van der Waals surface area contributed by atoms with E-state index < -0.39 is 0 Å². The Kier molecular flexibility index (Phi) is 4.87. The predicted molar refractivity (Wildman–Crippen MR) is 68.9 cm³/mol. The lowest BCUT2D eigenvalue weighted by Gasteiger charge is -2.12. The van der Waals surface area contributed by atoms with E-state index in [0.29, 0.717) is 5.92 Å². The minimum absolute atomic E-state index is 0.682. The van der Waals surface area contributed by atoms with Crippen LogP contribution in [0.5, 0.6) is 0 Å². The van der Waals surface area contributed by atoms with Crippen LogP contribution < -0.4 is 0 Å². The highest BCUT2D eigenvalue weighted by Gasteiger charge is 2.04. The van der Waals surface area contributed by atoms with Crippen molar-refractivity contribution in [1.29, 1.82) is 0 Å². The Morgan fingerprint density at radius 2 is 1.67 bits per heavy atom. The normalized spacial score (nSPS) is 29.8. The van der Waals surface area contributed by atoms with Crippen molar-refractivity contribution in [3.05, 3.63) is 34.9 Å². The zero-order chi connectivity index (χ0) is 11.3. The Labute approximate surface area is 94.8 Å². The third-order valence-corrected chi connectivity index (χ3v) is 3.16. The van der Waals surface area contributed by atoms with E-state index in [9.17, 15) is 0 Å². The Balaban J connectivity index is 2.83. The van der Waals surface area contributed by atoms with Gasteiger partial charge in [0.2, 0.25) is 0 Å². The molecule has 0 spiro atoms. The maximum atomic E-state index is 2.40. The van der Waals surface area contributed by atoms with Crippen LogP contribution in [0.2, 0.25) is 0 Å². The van der Waals surface area contributed by atoms with Crippen molar-refractivity contribution in [3.63, 3.8) is 0 Å². The average Bonchev–Trinajstić information content (AvgIpc) is 2.16. The first kappa shape index (κ1) is 12.3. The summed E-state index contributed by atoms with van der Waals surface area (Å²) < 4.78 is 0. The van der Waals surface area contributed by atoms with Crippen LogP contribution in [-0.4, -0.2) is 0 Å². The van der Waals surface area contributed by atoms with Crippen LogP contribution >= 0.6 is 0 Å². The zero-order valence-corrected chi connectivity index (χ0v) is 10.6. The zero-order valence-electron chi connectivity index (χ0n) is 10.6. The van der Waals surface area contributed by atoms with E-state index in [1.54, 1.807) is 11.1 Å². The monoisotopic (exact) mass is 204 g/mol. The van der Waals surface area contributed by atoms with Gasteiger partial charge in [0.15, 0.2) is 0 Å². The Morgan fingerprint density at radius 1 is 0.933 bits per heavy atom. The maximum Gasteiger partial charge on any atom is -0.0257 e. The Bertz CT molecular complexity index is 287. The first-order chi connectivity index (χ1) is 7.09. The molecule has 0 radical (unpaired) electrons. The molecule has 0 nitrogen and oxygen atoms in total. The fourth-order valence-electron chi connectivity index (χ4n) is 1.89. The van der Waals surface area contributed by atoms with Gasteiger partial charge in [-0.1, -0.05) is 48.8 Å². The van der Waals surface area contributed by atoms with Gasteiger partial charge in [0.05, 0.1) is 0 Å². The summed E-state index contributed by atoms with van der Waals surface area (Å²) in [6.45, 7) is 9.08. The summed E-state index contributed by atoms with van der Waals surface area (Å²) in [7, 11) is 0. The fraction of sp³-hybridized carbons (Fsp3) is 0.600. The average molecular weight is 204 g/mol. The molecule has 0 saturated carbocycles. The number of hydrogen-bond donors (Lipinski definition) is 0. The lowest BCUT2D eigenvalue weighted by Crippen LogP contribution is -1.95. The Morgan fingerprint density at radius 3 is 2.33 bits per heavy atom. The first-order valence-corrected chi connectivity index (χ1v) is 6.11. The van der Waals surface area contributed by atoms with Crippen molar-refractivity contribution < 1.29 is 0 Å². The summed E-state index contributed by atoms with van der Waals surface area (Å²) in [5.41, 5.74) is 4.64. The van der Waals surface area contributed by atoms with E-state index in [2.05, 4.69) is 45.9 Å². The van der Waals surface area contributed by atoms with Gasteiger partial charge in [-0.3, -0.25) is 0 Å². The van der Waals surface area contributed by atoms with Crippen molar-refractivity contribution in [2.75, 3.05) is 0 Å². The van der Waals surface area contributed by atoms with Gasteiger partial charge in [-0.15, -0.1) is 0 Å². The standard InChI is InChI=1S/C15H24/c1-12(2)15-10-8-13(3)6-5-7-14(4)9-11-15/h6,9,11-12H,5,7-8,10H2,1-4H3/b13-6-,14-9-,15-11+. The predicted octanol–water partition coefficient (Wildman–Crippen LogP) is 5.04. The summed E-state index contributed by atoms with van der Waals surface area (Å²) in [6, 6.07) is 0. The van der Waals surface area contributed by atoms with Crippen molar-refractivity contribution in [1.82, 2.24) is 0 Å². The molecule has 1 aliphatic rings. The lowest BCUT2D eigenvalue weighted by molar-refractivity contribution is 0.705. The molecule has 0 bridgehead atoms. The van der Waals surface area contributed by atoms with E-state index in [1.807, 2.05) is 0 Å². The second-order valence-electron chi connectivity index (χ2n) is 5.00. The summed E-state index contributed by atoms with van der Waals surface area (Å²) in [6.07, 6.45) is 11.9. The van der Waals surface area contributed by atoms with Gasteiger partial charge in [0, 0.05) is 0 Å². The van der Waals surface area contributed by atoms with E-state index in [0.717, 1.165) is 0 Å². The number of hydrogen-bond acceptors (Lipinski definition) is 0. The van der Waals surface area contributed by atoms with Crippen molar-refractivity contribution in [2.45, 2.75) is 53.4 Å². The van der Waals surface area contributed by atoms with Gasteiger partial charge in [-0.2, -0.15) is 0 Å². The van der Waals surface area contributed by atoms with Crippen LogP contribution in [0.1, 0.15) is 53.4 Å². The highest BCUT2D eigenvalue weighted by molar-refractivity contribution is 5.20. The molecule has 1 rings (SSSR count). The smallest absolute Gasteiger partial charge is 0.0257 e. The van der Waals surface area contributed by atoms with Gasteiger partial charge in [-0.25, -0.2) is 0 Å². The molecule has 84 valence electrons. The molecule has 1 aliphatic carbocycles. The number of rotatable bonds is 1. The van der Waals surface area contributed by atoms with Gasteiger partial charge in [-0.05, 0) is 45.4 Å². The van der Waals surface area contributed by atoms with E-state index in [4.69, 9.17) is 0 Å². The topological polar surface area (TPSA) is 0 Å². The molecular formula is C15H24. The molecule has 0 atom stereocenters. The molecule has 0 N–H and O–H groups in total. The van der Waals surface area contributed by atoms with Gasteiger partial charge >= 0.3 is 0 Å². The van der Waals surface area contributed by atoms with Crippen molar-refractivity contribution in [2.24, 2.45) is 5.92 Å². The highest BCUT2D eigenvalue weighted by atomic mass is 14.1. The second-order valence-corrected chi connectivity index (χ2v) is 5.00. The largest absolute Gasteiger partial charge is 0.0853 e. The van der Waals surface area contributed by atoms with E-state index >= 15 is 0 Å². The Hall–Kier alpha value is -0.780. The molecular weight excluding hydrogens is 180 g/mol. The summed E-state index contributed by atoms with van der Waals surface area (Å²) in [5, 5.41) is 0. The summed E-state index contributed by atoms with van der Waals surface area (Å²) in [4.78, 5) is 0. The molecule has 0 aromatic heterocycles. The minimum atomic E-state index is 0.682. The molecule has 0 aliphatic heterocycles. The van der Waals surface area contributed by atoms with E-state index in [-0.39, 0.29) is 0 Å². The molecule has 0 aromatic rings. The highest BCUT2D eigenvalue weighted by Crippen LogP contribution is 2.21. The molecule has 0 unspecified atom stereocenters. The second kappa shape index (κ2) is 5.95. The van der Waals surface area contributed by atoms with Crippen LogP contribution in [-0.2, 0) is 0 Å². The van der Waals surface area contributed by atoms with Gasteiger partial charge in [0.25, 0.3) is 0 Å². The molecule has 0 heteroatoms. The van der Waals surface area contributed by atoms with Crippen LogP contribution in [0.4, 0.5) is 0 Å². The van der Waals surface area contributed by atoms with Gasteiger partial charge < -0.3 is 0 Å². The lowest BCUT2D eigenvalue weighted by atomic mass is 9.94. The molecule has 0 aromatic carbocycles. The first-order valence-electron chi connectivity index (χ1n) is 6.11. The SMILES string of the molecule is C/C1=C/C=C(/C(C)C)CC/C(C)=C\CC1. The number of allylic oxidation sites excluding steroid dienone is 6. The van der Waals surface area contributed by atoms with Crippen LogP contribution in [0.15, 0.2) is 34.9 Å². The summed E-state index contributed by atoms with van der Waals surface area (Å²) in [5.74, 6) is 0.682. The van der Waals surface area contributed by atoms with Crippen LogP contribution in [0.25, 0.3) is 0 Å². The molecule has 0 fully saturated rings. The molecule has 0 heterocycles. The van der Waals surface area contributed by atoms with Crippen LogP contribution in [0.3, 0.4) is 0 Å². The third kappa shape index (κ3) is 4.51.